The van der Waals surface area contributed by atoms with Crippen LogP contribution < -0.4 is 4.74 Å². The number of carbonyl (C=O) groups excluding carboxylic acids is 1. The van der Waals surface area contributed by atoms with E-state index in [4.69, 9.17) is 9.94 Å². The lowest BCUT2D eigenvalue weighted by molar-refractivity contribution is -0.480. The van der Waals surface area contributed by atoms with Crippen molar-refractivity contribution in [3.8, 4) is 5.06 Å². The van der Waals surface area contributed by atoms with E-state index in [0.717, 1.165) is 0 Å². The van der Waals surface area contributed by atoms with Crippen molar-refractivity contribution in [2.45, 2.75) is 19.3 Å². The fourth-order valence-corrected chi connectivity index (χ4v) is 1.77. The highest BCUT2D eigenvalue weighted by atomic mass is 32.1. The van der Waals surface area contributed by atoms with E-state index in [0.29, 0.717) is 17.9 Å². The number of oxime groups is 1. The summed E-state index contributed by atoms with van der Waals surface area (Å²) in [6, 6.07) is 3.34. The molecule has 0 saturated heterocycles. The van der Waals surface area contributed by atoms with Crippen LogP contribution in [0.2, 0.25) is 0 Å². The molecular weight excluding hydrogens is 260 g/mol. The maximum Gasteiger partial charge on any atom is 0.362 e. The van der Waals surface area contributed by atoms with Gasteiger partial charge in [-0.25, -0.2) is 4.79 Å². The first-order chi connectivity index (χ1) is 8.63. The van der Waals surface area contributed by atoms with Crippen LogP contribution in [0.5, 0.6) is 5.06 Å². The molecule has 0 aliphatic rings. The Hall–Kier alpha value is -1.96. The fraction of sp³-hybridized carbons (Fsp3) is 0.400. The molecule has 0 radical (unpaired) electrons. The van der Waals surface area contributed by atoms with Crippen LogP contribution in [-0.4, -0.2) is 28.4 Å². The molecule has 0 unspecified atom stereocenters. The summed E-state index contributed by atoms with van der Waals surface area (Å²) >= 11 is 1.24. The van der Waals surface area contributed by atoms with Crippen molar-refractivity contribution < 1.29 is 19.7 Å². The maximum absolute atomic E-state index is 11.5. The third kappa shape index (κ3) is 4.91. The lowest BCUT2D eigenvalue weighted by Crippen LogP contribution is -2.20. The van der Waals surface area contributed by atoms with Gasteiger partial charge in [-0.2, -0.15) is 0 Å². The molecule has 0 amide bonds. The van der Waals surface area contributed by atoms with Gasteiger partial charge in [0.2, 0.25) is 6.54 Å². The zero-order valence-corrected chi connectivity index (χ0v) is 10.3. The van der Waals surface area contributed by atoms with E-state index in [1.165, 1.54) is 11.3 Å². The Morgan fingerprint density at radius 2 is 2.33 bits per heavy atom. The molecule has 1 rings (SSSR count). The second-order valence-corrected chi connectivity index (χ2v) is 4.29. The molecule has 0 bridgehead atoms. The molecule has 1 heterocycles. The predicted octanol–water partition coefficient (Wildman–Crippen LogP) is 1.93. The van der Waals surface area contributed by atoms with E-state index >= 15 is 0 Å². The molecule has 0 aromatic carbocycles. The van der Waals surface area contributed by atoms with Crippen molar-refractivity contribution in [3.05, 3.63) is 27.6 Å². The largest absolute Gasteiger partial charge is 0.411 e. The molecule has 18 heavy (non-hydrogen) atoms. The van der Waals surface area contributed by atoms with Crippen molar-refractivity contribution in [3.63, 3.8) is 0 Å². The second-order valence-electron chi connectivity index (χ2n) is 3.38. The van der Waals surface area contributed by atoms with E-state index in [9.17, 15) is 14.9 Å². The Labute approximate surface area is 107 Å². The summed E-state index contributed by atoms with van der Waals surface area (Å²) in [5.74, 6) is -0.735. The molecule has 1 N–H and O–H groups in total. The van der Waals surface area contributed by atoms with E-state index in [1.54, 1.807) is 17.5 Å². The Morgan fingerprint density at radius 3 is 2.89 bits per heavy atom. The molecule has 0 spiro atoms. The smallest absolute Gasteiger partial charge is 0.362 e. The highest BCUT2D eigenvalue weighted by Gasteiger charge is 2.15. The van der Waals surface area contributed by atoms with E-state index in [2.05, 4.69) is 5.16 Å². The number of nitrogens with zero attached hydrogens (tertiary/aromatic N) is 2. The summed E-state index contributed by atoms with van der Waals surface area (Å²) < 4.78 is 4.94. The monoisotopic (exact) mass is 272 g/mol. The van der Waals surface area contributed by atoms with Crippen molar-refractivity contribution >= 4 is 23.0 Å². The van der Waals surface area contributed by atoms with Gasteiger partial charge in [-0.1, -0.05) is 5.16 Å². The Bertz CT molecular complexity index is 429. The van der Waals surface area contributed by atoms with Gasteiger partial charge in [0.05, 0.1) is 0 Å². The molecule has 1 aromatic rings. The Kier molecular flexibility index (Phi) is 5.78. The molecule has 8 heteroatoms. The van der Waals surface area contributed by atoms with Gasteiger partial charge in [-0.05, 0) is 23.9 Å². The Balaban J connectivity index is 2.36. The first-order valence-corrected chi connectivity index (χ1v) is 6.10. The van der Waals surface area contributed by atoms with Gasteiger partial charge >= 0.3 is 5.97 Å². The first-order valence-electron chi connectivity index (χ1n) is 5.22. The highest BCUT2D eigenvalue weighted by Crippen LogP contribution is 2.18. The van der Waals surface area contributed by atoms with Gasteiger partial charge in [0.25, 0.3) is 0 Å². The number of thiophene rings is 1. The average Bonchev–Trinajstić information content (AvgIpc) is 2.81. The first kappa shape index (κ1) is 14.1. The second kappa shape index (κ2) is 7.38. The normalized spacial score (nSPS) is 11.2. The summed E-state index contributed by atoms with van der Waals surface area (Å²) in [4.78, 5) is 21.2. The van der Waals surface area contributed by atoms with E-state index in [-0.39, 0.29) is 18.7 Å². The quantitative estimate of drug-likeness (QED) is 0.204. The number of ether oxygens (including phenoxy) is 1. The number of esters is 1. The molecule has 7 nitrogen and oxygen atoms in total. The molecule has 0 aliphatic heterocycles. The molecule has 0 aliphatic carbocycles. The minimum atomic E-state index is -0.735. The van der Waals surface area contributed by atoms with Gasteiger partial charge in [-0.3, -0.25) is 10.1 Å². The summed E-state index contributed by atoms with van der Waals surface area (Å²) in [6.07, 6.45) is 0.854. The highest BCUT2D eigenvalue weighted by molar-refractivity contribution is 7.11. The third-order valence-electron chi connectivity index (χ3n) is 2.05. The number of unbranched alkanes of at least 4 members (excludes halogenated alkanes) is 1. The van der Waals surface area contributed by atoms with Crippen molar-refractivity contribution in [2.24, 2.45) is 5.16 Å². The number of hydrogen-bond acceptors (Lipinski definition) is 7. The van der Waals surface area contributed by atoms with Crippen LogP contribution in [0, 0.1) is 10.1 Å². The van der Waals surface area contributed by atoms with Gasteiger partial charge < -0.3 is 9.94 Å². The van der Waals surface area contributed by atoms with Crippen LogP contribution >= 0.6 is 11.3 Å². The zero-order chi connectivity index (χ0) is 13.4. The molecular formula is C10H12N2O5S. The van der Waals surface area contributed by atoms with Crippen LogP contribution in [0.25, 0.3) is 0 Å². The number of rotatable bonds is 7. The summed E-state index contributed by atoms with van der Waals surface area (Å²) in [5.41, 5.74) is -0.133. The standard InChI is InChI=1S/C10H12N2O5S/c13-10(17-9-5-3-7-18-9)8(11-14)4-1-2-6-12(15)16/h3,5,7,14H,1-2,4,6H2. The number of carbonyl (C=O) groups is 1. The summed E-state index contributed by atoms with van der Waals surface area (Å²) in [6.45, 7) is -0.168. The minimum absolute atomic E-state index is 0.133. The average molecular weight is 272 g/mol. The van der Waals surface area contributed by atoms with E-state index < -0.39 is 10.9 Å². The van der Waals surface area contributed by atoms with Crippen LogP contribution in [0.15, 0.2) is 22.7 Å². The van der Waals surface area contributed by atoms with Gasteiger partial charge in [0, 0.05) is 17.8 Å². The van der Waals surface area contributed by atoms with Gasteiger partial charge in [0.1, 0.15) is 0 Å². The van der Waals surface area contributed by atoms with Crippen LogP contribution in [0.3, 0.4) is 0 Å². The number of nitro groups is 1. The Morgan fingerprint density at radius 1 is 1.56 bits per heavy atom. The lowest BCUT2D eigenvalue weighted by atomic mass is 10.1. The number of hydrogen-bond donors (Lipinski definition) is 1. The molecule has 98 valence electrons. The van der Waals surface area contributed by atoms with Gasteiger partial charge in [-0.15, -0.1) is 11.3 Å². The van der Waals surface area contributed by atoms with Crippen LogP contribution in [0.4, 0.5) is 0 Å². The lowest BCUT2D eigenvalue weighted by Gasteiger charge is -2.02. The van der Waals surface area contributed by atoms with Gasteiger partial charge in [0.15, 0.2) is 10.8 Å². The van der Waals surface area contributed by atoms with Crippen molar-refractivity contribution in [2.75, 3.05) is 6.54 Å². The van der Waals surface area contributed by atoms with Crippen molar-refractivity contribution in [1.29, 1.82) is 0 Å². The zero-order valence-electron chi connectivity index (χ0n) is 9.44. The van der Waals surface area contributed by atoms with Crippen molar-refractivity contribution in [1.82, 2.24) is 0 Å². The third-order valence-corrected chi connectivity index (χ3v) is 2.79. The molecule has 1 aromatic heterocycles. The molecule has 0 atom stereocenters. The SMILES string of the molecule is O=C(Oc1cccs1)C(CCCC[N+](=O)[O-])=NO. The fourth-order valence-electron chi connectivity index (χ4n) is 1.20. The van der Waals surface area contributed by atoms with Crippen LogP contribution in [-0.2, 0) is 4.79 Å². The van der Waals surface area contributed by atoms with Crippen LogP contribution in [0.1, 0.15) is 19.3 Å². The summed E-state index contributed by atoms with van der Waals surface area (Å²) in [5, 5.41) is 23.8. The van der Waals surface area contributed by atoms with E-state index in [1.807, 2.05) is 0 Å². The summed E-state index contributed by atoms with van der Waals surface area (Å²) in [7, 11) is 0. The minimum Gasteiger partial charge on any atom is -0.411 e. The molecule has 0 fully saturated rings. The molecule has 0 saturated carbocycles. The maximum atomic E-state index is 11.5. The predicted molar refractivity (Wildman–Crippen MR) is 64.9 cm³/mol. The topological polar surface area (TPSA) is 102 Å².